The van der Waals surface area contributed by atoms with Crippen molar-refractivity contribution < 1.29 is 174 Å². The standard InChI is InChI=1S/C17F32O7/c18-1(50)3(20,8(25,26)27)52-13(40,41)5(22,10(31,32)33)54-15(44,45)7(24,12(37,38)39)56-17(48,49)16(46,47)55-6(23,11(34,35)36)14(42,43)53-4(21,2(19)51)9(28,29)30/t3-,4+,5-,6-,7-/m1/s1. The number of carbonyl (C=O) groups is 2. The Kier molecular flexibility index (Phi) is 13.3. The van der Waals surface area contributed by atoms with Crippen LogP contribution in [0.3, 0.4) is 0 Å². The maximum atomic E-state index is 14.4. The molecule has 0 spiro atoms. The molecule has 0 bridgehead atoms. The minimum atomic E-state index is -9.30. The summed E-state index contributed by atoms with van der Waals surface area (Å²) in [5.74, 6) is -42.9. The van der Waals surface area contributed by atoms with Crippen molar-refractivity contribution in [3.63, 3.8) is 0 Å². The minimum Gasteiger partial charge on any atom is -0.263 e. The fourth-order valence-electron chi connectivity index (χ4n) is 2.46. The molecule has 334 valence electrons. The van der Waals surface area contributed by atoms with Gasteiger partial charge in [-0.15, -0.1) is 0 Å². The Morgan fingerprint density at radius 1 is 0.250 bits per heavy atom. The summed E-state index contributed by atoms with van der Waals surface area (Å²) in [5.41, 5.74) is 0. The van der Waals surface area contributed by atoms with Crippen molar-refractivity contribution in [1.29, 1.82) is 0 Å². The Morgan fingerprint density at radius 2 is 0.411 bits per heavy atom. The molecule has 0 aromatic rings. The van der Waals surface area contributed by atoms with Gasteiger partial charge >= 0.3 is 103 Å². The van der Waals surface area contributed by atoms with Gasteiger partial charge in [-0.3, -0.25) is 33.3 Å². The van der Waals surface area contributed by atoms with Crippen molar-refractivity contribution >= 4 is 12.1 Å². The Labute approximate surface area is 278 Å². The van der Waals surface area contributed by atoms with Crippen LogP contribution in [0.15, 0.2) is 0 Å². The van der Waals surface area contributed by atoms with Gasteiger partial charge in [0, 0.05) is 0 Å². The van der Waals surface area contributed by atoms with Crippen LogP contribution in [0.5, 0.6) is 0 Å². The number of halogens is 32. The predicted octanol–water partition coefficient (Wildman–Crippen LogP) is 9.17. The molecule has 7 nitrogen and oxygen atoms in total. The summed E-state index contributed by atoms with van der Waals surface area (Å²) in [6.45, 7) is 0. The average Bonchev–Trinajstić information content (AvgIpc) is 2.87. The van der Waals surface area contributed by atoms with E-state index in [9.17, 15) is 150 Å². The van der Waals surface area contributed by atoms with E-state index in [0.717, 1.165) is 23.7 Å². The Hall–Kier alpha value is -3.10. The quantitative estimate of drug-likeness (QED) is 0.113. The molecule has 0 rings (SSSR count). The summed E-state index contributed by atoms with van der Waals surface area (Å²) in [4.78, 5) is 20.2. The maximum Gasteiger partial charge on any atom is 0.459 e. The molecule has 0 aromatic heterocycles. The number of carbonyl (C=O) groups excluding carboxylic acids is 2. The first-order valence-electron chi connectivity index (χ1n) is 11.2. The van der Waals surface area contributed by atoms with Gasteiger partial charge in [0.25, 0.3) is 0 Å². The van der Waals surface area contributed by atoms with Gasteiger partial charge in [0.1, 0.15) is 0 Å². The van der Waals surface area contributed by atoms with E-state index < -0.39 is 103 Å². The van der Waals surface area contributed by atoms with Gasteiger partial charge in [-0.1, -0.05) is 0 Å². The van der Waals surface area contributed by atoms with Crippen molar-refractivity contribution in [3.05, 3.63) is 0 Å². The Morgan fingerprint density at radius 3 is 0.554 bits per heavy atom. The molecule has 0 saturated heterocycles. The lowest BCUT2D eigenvalue weighted by molar-refractivity contribution is -0.594. The van der Waals surface area contributed by atoms with Crippen LogP contribution in [0, 0.1) is 0 Å². The average molecular weight is 924 g/mol. The first-order chi connectivity index (χ1) is 23.7. The second kappa shape index (κ2) is 14.0. The first-order valence-corrected chi connectivity index (χ1v) is 11.2. The monoisotopic (exact) mass is 924 g/mol. The van der Waals surface area contributed by atoms with E-state index >= 15 is 0 Å². The van der Waals surface area contributed by atoms with Gasteiger partial charge in [-0.05, 0) is 0 Å². The van der Waals surface area contributed by atoms with E-state index in [4.69, 9.17) is 0 Å². The molecular weight excluding hydrogens is 924 g/mol. The number of ether oxygens (including phenoxy) is 5. The fourth-order valence-corrected chi connectivity index (χ4v) is 2.46. The topological polar surface area (TPSA) is 80.3 Å². The summed E-state index contributed by atoms with van der Waals surface area (Å²) < 4.78 is 430. The van der Waals surface area contributed by atoms with Crippen molar-refractivity contribution in [1.82, 2.24) is 0 Å². The molecule has 5 atom stereocenters. The van der Waals surface area contributed by atoms with Crippen molar-refractivity contribution in [2.75, 3.05) is 0 Å². The summed E-state index contributed by atoms with van der Waals surface area (Å²) in [6, 6.07) is -10.4. The molecule has 0 amide bonds. The van der Waals surface area contributed by atoms with Crippen LogP contribution >= 0.6 is 0 Å². The maximum absolute atomic E-state index is 14.4. The molecule has 39 heteroatoms. The van der Waals surface area contributed by atoms with Gasteiger partial charge < -0.3 is 0 Å². The van der Waals surface area contributed by atoms with Gasteiger partial charge in [0.2, 0.25) is 0 Å². The molecule has 0 aliphatic heterocycles. The van der Waals surface area contributed by atoms with E-state index in [-0.39, 0.29) is 0 Å². The van der Waals surface area contributed by atoms with Crippen molar-refractivity contribution in [3.8, 4) is 0 Å². The second-order valence-corrected chi connectivity index (χ2v) is 9.11. The number of hydrogen-bond donors (Lipinski definition) is 0. The van der Waals surface area contributed by atoms with Crippen LogP contribution in [-0.4, -0.2) is 103 Å². The Balaban J connectivity index is 7.65. The van der Waals surface area contributed by atoms with Gasteiger partial charge in [0.15, 0.2) is 0 Å². The zero-order valence-electron chi connectivity index (χ0n) is 23.5. The van der Waals surface area contributed by atoms with E-state index in [1.807, 2.05) is 0 Å². The van der Waals surface area contributed by atoms with Crippen molar-refractivity contribution in [2.24, 2.45) is 0 Å². The van der Waals surface area contributed by atoms with Gasteiger partial charge in [-0.2, -0.15) is 140 Å². The summed E-state index contributed by atoms with van der Waals surface area (Å²) in [7, 11) is 0. The molecule has 0 aliphatic rings. The fraction of sp³-hybridized carbons (Fsp3) is 0.882. The molecule has 0 heterocycles. The molecule has 0 aliphatic carbocycles. The highest BCUT2D eigenvalue weighted by Crippen LogP contribution is 2.60. The number of alkyl halides is 30. The van der Waals surface area contributed by atoms with Crippen LogP contribution < -0.4 is 0 Å². The van der Waals surface area contributed by atoms with E-state index in [0.29, 0.717) is 0 Å². The summed E-state index contributed by atoms with van der Waals surface area (Å²) in [6.07, 6.45) is -87.2. The summed E-state index contributed by atoms with van der Waals surface area (Å²) in [5, 5.41) is 0. The number of hydrogen-bond acceptors (Lipinski definition) is 7. The third-order valence-electron chi connectivity index (χ3n) is 5.13. The minimum absolute atomic E-state index is 0.798. The lowest BCUT2D eigenvalue weighted by atomic mass is 10.2. The third kappa shape index (κ3) is 8.82. The first kappa shape index (κ1) is 52.9. The van der Waals surface area contributed by atoms with E-state index in [1.165, 1.54) is 0 Å². The van der Waals surface area contributed by atoms with Gasteiger partial charge in [0.05, 0.1) is 0 Å². The zero-order valence-corrected chi connectivity index (χ0v) is 23.5. The lowest BCUT2D eigenvalue weighted by Crippen LogP contribution is -2.71. The van der Waals surface area contributed by atoms with Crippen LogP contribution in [0.1, 0.15) is 0 Å². The normalized spacial score (nSPS) is 20.6. The molecule has 0 aromatic carbocycles. The predicted molar refractivity (Wildman–Crippen MR) is 91.9 cm³/mol. The molecule has 0 N–H and O–H groups in total. The highest BCUT2D eigenvalue weighted by atomic mass is 19.4. The molecule has 0 unspecified atom stereocenters. The third-order valence-corrected chi connectivity index (χ3v) is 5.13. The highest BCUT2D eigenvalue weighted by Gasteiger charge is 2.89. The molecular formula is C17F32O7. The Bertz CT molecular complexity index is 1440. The summed E-state index contributed by atoms with van der Waals surface area (Å²) >= 11 is 0. The zero-order chi connectivity index (χ0) is 46.2. The smallest absolute Gasteiger partial charge is 0.263 e. The van der Waals surface area contributed by atoms with Crippen LogP contribution in [0.2, 0.25) is 0 Å². The molecule has 0 radical (unpaired) electrons. The van der Waals surface area contributed by atoms with E-state index in [2.05, 4.69) is 0 Å². The van der Waals surface area contributed by atoms with Crippen molar-refractivity contribution in [2.45, 2.75) is 90.7 Å². The van der Waals surface area contributed by atoms with Crippen LogP contribution in [0.4, 0.5) is 140 Å². The van der Waals surface area contributed by atoms with Crippen LogP contribution in [0.25, 0.3) is 0 Å². The van der Waals surface area contributed by atoms with E-state index in [1.54, 1.807) is 0 Å². The molecule has 56 heavy (non-hydrogen) atoms. The highest BCUT2D eigenvalue weighted by molar-refractivity contribution is 5.78. The largest absolute Gasteiger partial charge is 0.459 e. The lowest BCUT2D eigenvalue weighted by Gasteiger charge is -2.43. The number of rotatable bonds is 16. The second-order valence-electron chi connectivity index (χ2n) is 9.11. The molecule has 0 fully saturated rings. The van der Waals surface area contributed by atoms with Crippen LogP contribution in [-0.2, 0) is 33.3 Å². The SMILES string of the molecule is O=C(F)[C@](F)(OC(F)(F)[C@](F)(OC(F)(F)C(F)(F)O[C@](F)(C(F)(F)F)C(F)(F)O[C@](F)(C(F)(F)F)C(F)(F)O[C@](F)(C(=O)F)C(F)(F)F)C(F)(F)F)C(F)(F)F. The molecule has 0 saturated carbocycles. The van der Waals surface area contributed by atoms with Gasteiger partial charge in [-0.25, -0.2) is 0 Å².